The van der Waals surface area contributed by atoms with Gasteiger partial charge >= 0.3 is 5.97 Å². The fourth-order valence-electron chi connectivity index (χ4n) is 2.40. The zero-order chi connectivity index (χ0) is 18.4. The van der Waals surface area contributed by atoms with Crippen LogP contribution >= 0.6 is 0 Å². The van der Waals surface area contributed by atoms with E-state index in [1.807, 2.05) is 6.07 Å². The lowest BCUT2D eigenvalue weighted by molar-refractivity contribution is 0.0372. The van der Waals surface area contributed by atoms with Gasteiger partial charge in [-0.2, -0.15) is 5.26 Å². The van der Waals surface area contributed by atoms with Crippen molar-refractivity contribution in [2.75, 3.05) is 36.9 Å². The van der Waals surface area contributed by atoms with E-state index in [-0.39, 0.29) is 17.4 Å². The lowest BCUT2D eigenvalue weighted by Gasteiger charge is -2.24. The number of nitrogens with zero attached hydrogens (tertiary/aromatic N) is 4. The molecule has 0 aliphatic carbocycles. The summed E-state index contributed by atoms with van der Waals surface area (Å²) < 4.78 is 5.60. The zero-order valence-corrected chi connectivity index (χ0v) is 13.8. The molecule has 0 spiro atoms. The number of morpholine rings is 1. The smallest absolute Gasteiger partial charge is 0.339 e. The molecule has 0 saturated carbocycles. The van der Waals surface area contributed by atoms with Gasteiger partial charge in [-0.25, -0.2) is 19.7 Å². The summed E-state index contributed by atoms with van der Waals surface area (Å²) in [6.07, 6.45) is 3.96. The number of carboxylic acids is 1. The summed E-state index contributed by atoms with van der Waals surface area (Å²) in [4.78, 5) is 23.5. The molecule has 0 radical (unpaired) electrons. The second kappa shape index (κ2) is 8.19. The van der Waals surface area contributed by atoms with Gasteiger partial charge in [0, 0.05) is 31.9 Å². The first-order valence-corrected chi connectivity index (χ1v) is 7.94. The van der Waals surface area contributed by atoms with Crippen LogP contribution in [0.1, 0.15) is 16.1 Å². The molecule has 3 rings (SSSR count). The number of ether oxygens (including phenoxy) is 1. The number of anilines is 3. The molecule has 4 N–H and O–H groups in total. The minimum absolute atomic E-state index is 0.0423. The Bertz CT molecular complexity index is 814. The number of aromatic nitrogens is 3. The summed E-state index contributed by atoms with van der Waals surface area (Å²) in [5.41, 5.74) is 0.684. The number of hydrogen-bond acceptors (Lipinski definition) is 9. The molecule has 0 bridgehead atoms. The summed E-state index contributed by atoms with van der Waals surface area (Å²) in [5, 5.41) is 27.3. The number of aromatic carboxylic acids is 1. The molecule has 0 amide bonds. The minimum Gasteiger partial charge on any atom is -0.478 e. The van der Waals surface area contributed by atoms with Gasteiger partial charge in [-0.15, -0.1) is 0 Å². The largest absolute Gasteiger partial charge is 0.478 e. The Morgan fingerprint density at radius 3 is 2.85 bits per heavy atom. The van der Waals surface area contributed by atoms with Crippen LogP contribution in [0.5, 0.6) is 0 Å². The van der Waals surface area contributed by atoms with Gasteiger partial charge < -0.3 is 25.8 Å². The lowest BCUT2D eigenvalue weighted by Crippen LogP contribution is -2.42. The molecule has 10 heteroatoms. The summed E-state index contributed by atoms with van der Waals surface area (Å²) >= 11 is 0. The van der Waals surface area contributed by atoms with Crippen molar-refractivity contribution in [1.29, 1.82) is 5.26 Å². The quantitative estimate of drug-likeness (QED) is 0.580. The Hall–Kier alpha value is -3.29. The van der Waals surface area contributed by atoms with Crippen molar-refractivity contribution < 1.29 is 14.6 Å². The van der Waals surface area contributed by atoms with Crippen molar-refractivity contribution in [2.45, 2.75) is 6.10 Å². The molecular weight excluding hydrogens is 338 g/mol. The second-order valence-corrected chi connectivity index (χ2v) is 5.52. The molecule has 10 nitrogen and oxygen atoms in total. The maximum atomic E-state index is 11.4. The molecule has 0 aromatic carbocycles. The Labute approximate surface area is 149 Å². The Kier molecular flexibility index (Phi) is 5.52. The fourth-order valence-corrected chi connectivity index (χ4v) is 2.40. The predicted octanol–water partition coefficient (Wildman–Crippen LogP) is 0.585. The average Bonchev–Trinajstić information content (AvgIpc) is 2.68. The van der Waals surface area contributed by atoms with Crippen LogP contribution in [0.2, 0.25) is 0 Å². The molecule has 1 unspecified atom stereocenters. The summed E-state index contributed by atoms with van der Waals surface area (Å²) in [7, 11) is 0. The van der Waals surface area contributed by atoms with Crippen molar-refractivity contribution in [3.8, 4) is 6.07 Å². The van der Waals surface area contributed by atoms with E-state index in [9.17, 15) is 9.90 Å². The van der Waals surface area contributed by atoms with Crippen LogP contribution in [0, 0.1) is 11.3 Å². The first-order valence-electron chi connectivity index (χ1n) is 7.94. The Balaban J connectivity index is 1.74. The summed E-state index contributed by atoms with van der Waals surface area (Å²) in [6, 6.07) is 3.47. The van der Waals surface area contributed by atoms with Gasteiger partial charge in [-0.3, -0.25) is 0 Å². The third kappa shape index (κ3) is 4.41. The van der Waals surface area contributed by atoms with Crippen LogP contribution in [-0.2, 0) is 4.74 Å². The van der Waals surface area contributed by atoms with Crippen molar-refractivity contribution in [3.63, 3.8) is 0 Å². The van der Waals surface area contributed by atoms with Crippen LogP contribution in [-0.4, -0.2) is 58.4 Å². The number of carboxylic acid groups (broad SMARTS) is 1. The van der Waals surface area contributed by atoms with Crippen molar-refractivity contribution >= 4 is 23.3 Å². The topological polar surface area (TPSA) is 145 Å². The van der Waals surface area contributed by atoms with E-state index < -0.39 is 5.97 Å². The molecule has 1 fully saturated rings. The maximum absolute atomic E-state index is 11.4. The van der Waals surface area contributed by atoms with Crippen LogP contribution in [0.3, 0.4) is 0 Å². The number of rotatable bonds is 6. The lowest BCUT2D eigenvalue weighted by atomic mass is 10.2. The number of carbonyl (C=O) groups is 1. The highest BCUT2D eigenvalue weighted by Gasteiger charge is 2.16. The highest BCUT2D eigenvalue weighted by Crippen LogP contribution is 2.21. The summed E-state index contributed by atoms with van der Waals surface area (Å²) in [6.45, 7) is 2.60. The van der Waals surface area contributed by atoms with Crippen molar-refractivity contribution in [3.05, 3.63) is 35.9 Å². The number of pyridine rings is 1. The van der Waals surface area contributed by atoms with Gasteiger partial charge in [0.05, 0.1) is 30.8 Å². The highest BCUT2D eigenvalue weighted by atomic mass is 16.5. The molecule has 1 aliphatic rings. The standard InChI is InChI=1S/C16H17N7O3/c17-4-10-5-21-15(9-19-10)23-14-3-13(12(8-22-14)16(24)25)20-7-11-6-18-1-2-26-11/h3,5,8-9,11,18H,1-2,6-7H2,(H,24,25)(H2,20,21,22,23). The monoisotopic (exact) mass is 355 g/mol. The van der Waals surface area contributed by atoms with Crippen LogP contribution in [0.25, 0.3) is 0 Å². The molecule has 2 aromatic rings. The molecule has 1 atom stereocenters. The number of nitriles is 1. The van der Waals surface area contributed by atoms with E-state index in [0.717, 1.165) is 6.54 Å². The Morgan fingerprint density at radius 2 is 2.19 bits per heavy atom. The Morgan fingerprint density at radius 1 is 1.35 bits per heavy atom. The number of nitrogens with one attached hydrogen (secondary N) is 3. The molecule has 1 saturated heterocycles. The van der Waals surface area contributed by atoms with E-state index >= 15 is 0 Å². The van der Waals surface area contributed by atoms with Crippen LogP contribution in [0.4, 0.5) is 17.3 Å². The van der Waals surface area contributed by atoms with Crippen LogP contribution < -0.4 is 16.0 Å². The van der Waals surface area contributed by atoms with Crippen molar-refractivity contribution in [1.82, 2.24) is 20.3 Å². The van der Waals surface area contributed by atoms with Gasteiger partial charge in [0.25, 0.3) is 0 Å². The second-order valence-electron chi connectivity index (χ2n) is 5.52. The normalized spacial score (nSPS) is 16.5. The van der Waals surface area contributed by atoms with Gasteiger partial charge in [0.2, 0.25) is 0 Å². The number of hydrogen-bond donors (Lipinski definition) is 4. The molecule has 26 heavy (non-hydrogen) atoms. The van der Waals surface area contributed by atoms with Gasteiger partial charge in [-0.1, -0.05) is 0 Å². The van der Waals surface area contributed by atoms with E-state index in [2.05, 4.69) is 30.9 Å². The van der Waals surface area contributed by atoms with Gasteiger partial charge in [0.1, 0.15) is 23.3 Å². The van der Waals surface area contributed by atoms with Gasteiger partial charge in [-0.05, 0) is 0 Å². The van der Waals surface area contributed by atoms with E-state index in [1.54, 1.807) is 6.07 Å². The first-order chi connectivity index (χ1) is 12.7. The fraction of sp³-hybridized carbons (Fsp3) is 0.312. The first kappa shape index (κ1) is 17.5. The SMILES string of the molecule is N#Cc1cnc(Nc2cc(NCC3CNCCO3)c(C(=O)O)cn2)cn1. The van der Waals surface area contributed by atoms with Crippen LogP contribution in [0.15, 0.2) is 24.7 Å². The van der Waals surface area contributed by atoms with Gasteiger partial charge in [0.15, 0.2) is 5.69 Å². The zero-order valence-electron chi connectivity index (χ0n) is 13.8. The van der Waals surface area contributed by atoms with E-state index in [1.165, 1.54) is 18.6 Å². The van der Waals surface area contributed by atoms with E-state index in [4.69, 9.17) is 10.00 Å². The molecule has 1 aliphatic heterocycles. The van der Waals surface area contributed by atoms with E-state index in [0.29, 0.717) is 37.0 Å². The highest BCUT2D eigenvalue weighted by molar-refractivity contribution is 5.94. The maximum Gasteiger partial charge on any atom is 0.339 e. The third-order valence-corrected chi connectivity index (χ3v) is 3.68. The molecule has 2 aromatic heterocycles. The average molecular weight is 355 g/mol. The van der Waals surface area contributed by atoms with Crippen molar-refractivity contribution in [2.24, 2.45) is 0 Å². The molecule has 134 valence electrons. The minimum atomic E-state index is -1.08. The predicted molar refractivity (Wildman–Crippen MR) is 92.3 cm³/mol. The molecular formula is C16H17N7O3. The summed E-state index contributed by atoms with van der Waals surface area (Å²) in [5.74, 6) is -0.281. The third-order valence-electron chi connectivity index (χ3n) is 3.68. The molecule has 3 heterocycles.